The van der Waals surface area contributed by atoms with E-state index in [-0.39, 0.29) is 12.0 Å². The Labute approximate surface area is 142 Å². The summed E-state index contributed by atoms with van der Waals surface area (Å²) in [6.45, 7) is 5.92. The third-order valence-electron chi connectivity index (χ3n) is 5.14. The van der Waals surface area contributed by atoms with E-state index in [2.05, 4.69) is 14.8 Å². The predicted octanol–water partition coefficient (Wildman–Crippen LogP) is 0.904. The van der Waals surface area contributed by atoms with Gasteiger partial charge in [0, 0.05) is 52.1 Å². The van der Waals surface area contributed by atoms with Crippen molar-refractivity contribution in [2.24, 2.45) is 0 Å². The average Bonchev–Trinajstić information content (AvgIpc) is 3.35. The first-order chi connectivity index (χ1) is 11.8. The molecule has 0 bridgehead atoms. The Bertz CT molecular complexity index is 576. The van der Waals surface area contributed by atoms with E-state index in [1.54, 1.807) is 0 Å². The van der Waals surface area contributed by atoms with Crippen molar-refractivity contribution in [3.8, 4) is 0 Å². The van der Waals surface area contributed by atoms with Crippen LogP contribution in [0.4, 0.5) is 11.8 Å². The highest BCUT2D eigenvalue weighted by Gasteiger charge is 2.30. The van der Waals surface area contributed by atoms with Gasteiger partial charge in [-0.3, -0.25) is 4.79 Å². The Morgan fingerprint density at radius 1 is 1.04 bits per heavy atom. The topological polar surface area (TPSA) is 61.8 Å². The van der Waals surface area contributed by atoms with Gasteiger partial charge in [0.25, 0.3) is 5.91 Å². The van der Waals surface area contributed by atoms with Crippen LogP contribution in [-0.2, 0) is 9.53 Å². The van der Waals surface area contributed by atoms with Gasteiger partial charge in [0.2, 0.25) is 5.95 Å². The Morgan fingerprint density at radius 3 is 2.54 bits per heavy atom. The molecule has 7 nitrogen and oxygen atoms in total. The quantitative estimate of drug-likeness (QED) is 0.820. The summed E-state index contributed by atoms with van der Waals surface area (Å²) in [6, 6.07) is 1.97. The second kappa shape index (κ2) is 6.93. The fraction of sp³-hybridized carbons (Fsp3) is 0.706. The molecule has 0 aromatic carbocycles. The van der Waals surface area contributed by atoms with Crippen LogP contribution in [0.25, 0.3) is 0 Å². The second-order valence-electron chi connectivity index (χ2n) is 6.72. The summed E-state index contributed by atoms with van der Waals surface area (Å²) in [7, 11) is 0. The Hall–Kier alpha value is -1.89. The number of hydrogen-bond donors (Lipinski definition) is 0. The normalized spacial score (nSPS) is 24.7. The maximum absolute atomic E-state index is 12.4. The van der Waals surface area contributed by atoms with Crippen molar-refractivity contribution < 1.29 is 9.53 Å². The molecule has 1 atom stereocenters. The molecule has 4 rings (SSSR count). The van der Waals surface area contributed by atoms with Crippen LogP contribution in [0.3, 0.4) is 0 Å². The van der Waals surface area contributed by atoms with E-state index in [4.69, 9.17) is 9.72 Å². The SMILES string of the molecule is O=C([C@@H]1CCCO1)N1CCN(c2ccnc(N3CCCC3)n2)CC1. The van der Waals surface area contributed by atoms with Crippen LogP contribution in [0.15, 0.2) is 12.3 Å². The maximum atomic E-state index is 12.4. The summed E-state index contributed by atoms with van der Waals surface area (Å²) in [5.74, 6) is 1.96. The van der Waals surface area contributed by atoms with E-state index >= 15 is 0 Å². The minimum atomic E-state index is -0.211. The van der Waals surface area contributed by atoms with Gasteiger partial charge in [-0.15, -0.1) is 0 Å². The number of aromatic nitrogens is 2. The predicted molar refractivity (Wildman–Crippen MR) is 91.2 cm³/mol. The highest BCUT2D eigenvalue weighted by Crippen LogP contribution is 2.21. The second-order valence-corrected chi connectivity index (χ2v) is 6.72. The smallest absolute Gasteiger partial charge is 0.251 e. The molecule has 1 aromatic rings. The largest absolute Gasteiger partial charge is 0.368 e. The number of carbonyl (C=O) groups excluding carboxylic acids is 1. The van der Waals surface area contributed by atoms with Crippen molar-refractivity contribution >= 4 is 17.7 Å². The number of nitrogens with zero attached hydrogens (tertiary/aromatic N) is 5. The van der Waals surface area contributed by atoms with Gasteiger partial charge in [0.05, 0.1) is 0 Å². The molecule has 24 heavy (non-hydrogen) atoms. The zero-order valence-electron chi connectivity index (χ0n) is 14.1. The highest BCUT2D eigenvalue weighted by atomic mass is 16.5. The summed E-state index contributed by atoms with van der Waals surface area (Å²) in [5.41, 5.74) is 0. The van der Waals surface area contributed by atoms with Crippen LogP contribution in [0, 0.1) is 0 Å². The summed E-state index contributed by atoms with van der Waals surface area (Å²) >= 11 is 0. The molecule has 0 spiro atoms. The molecule has 3 aliphatic rings. The van der Waals surface area contributed by atoms with Gasteiger partial charge in [-0.1, -0.05) is 0 Å². The number of carbonyl (C=O) groups is 1. The first kappa shape index (κ1) is 15.6. The lowest BCUT2D eigenvalue weighted by molar-refractivity contribution is -0.141. The molecule has 7 heteroatoms. The van der Waals surface area contributed by atoms with Crippen molar-refractivity contribution in [1.29, 1.82) is 0 Å². The molecule has 0 saturated carbocycles. The van der Waals surface area contributed by atoms with E-state index in [0.717, 1.165) is 70.5 Å². The maximum Gasteiger partial charge on any atom is 0.251 e. The molecule has 0 radical (unpaired) electrons. The molecular formula is C17H25N5O2. The van der Waals surface area contributed by atoms with Gasteiger partial charge in [0.1, 0.15) is 11.9 Å². The summed E-state index contributed by atoms with van der Waals surface area (Å²) in [4.78, 5) is 28.0. The van der Waals surface area contributed by atoms with Gasteiger partial charge in [-0.05, 0) is 31.7 Å². The third kappa shape index (κ3) is 3.17. The Kier molecular flexibility index (Phi) is 4.51. The summed E-state index contributed by atoms with van der Waals surface area (Å²) < 4.78 is 5.52. The van der Waals surface area contributed by atoms with Crippen LogP contribution >= 0.6 is 0 Å². The minimum absolute atomic E-state index is 0.160. The minimum Gasteiger partial charge on any atom is -0.368 e. The molecule has 1 amide bonds. The monoisotopic (exact) mass is 331 g/mol. The number of hydrogen-bond acceptors (Lipinski definition) is 6. The first-order valence-electron chi connectivity index (χ1n) is 9.04. The fourth-order valence-corrected chi connectivity index (χ4v) is 3.72. The number of ether oxygens (including phenoxy) is 1. The molecule has 3 saturated heterocycles. The van der Waals surface area contributed by atoms with Gasteiger partial charge in [-0.2, -0.15) is 4.98 Å². The molecule has 4 heterocycles. The number of amides is 1. The van der Waals surface area contributed by atoms with E-state index in [9.17, 15) is 4.79 Å². The lowest BCUT2D eigenvalue weighted by Gasteiger charge is -2.36. The van der Waals surface area contributed by atoms with Crippen molar-refractivity contribution in [3.05, 3.63) is 12.3 Å². The van der Waals surface area contributed by atoms with Crippen molar-refractivity contribution in [2.45, 2.75) is 31.8 Å². The van der Waals surface area contributed by atoms with Crippen molar-refractivity contribution in [1.82, 2.24) is 14.9 Å². The van der Waals surface area contributed by atoms with Crippen LogP contribution in [0.1, 0.15) is 25.7 Å². The lowest BCUT2D eigenvalue weighted by Crippen LogP contribution is -2.51. The van der Waals surface area contributed by atoms with E-state index < -0.39 is 0 Å². The lowest BCUT2D eigenvalue weighted by atomic mass is 10.2. The number of rotatable bonds is 3. The van der Waals surface area contributed by atoms with Crippen molar-refractivity contribution in [3.63, 3.8) is 0 Å². The van der Waals surface area contributed by atoms with Crippen LogP contribution in [-0.4, -0.2) is 72.8 Å². The number of anilines is 2. The molecule has 0 unspecified atom stereocenters. The van der Waals surface area contributed by atoms with Gasteiger partial charge in [0.15, 0.2) is 0 Å². The van der Waals surface area contributed by atoms with Gasteiger partial charge >= 0.3 is 0 Å². The molecule has 0 N–H and O–H groups in total. The van der Waals surface area contributed by atoms with Crippen molar-refractivity contribution in [2.75, 3.05) is 55.7 Å². The van der Waals surface area contributed by atoms with Gasteiger partial charge < -0.3 is 19.4 Å². The standard InChI is InChI=1S/C17H25N5O2/c23-16(14-4-3-13-24-14)21-11-9-20(10-12-21)15-5-6-18-17(19-15)22-7-1-2-8-22/h5-6,14H,1-4,7-13H2/t14-/m0/s1. The number of piperazine rings is 1. The van der Waals surface area contributed by atoms with E-state index in [1.165, 1.54) is 12.8 Å². The summed E-state index contributed by atoms with van der Waals surface area (Å²) in [5, 5.41) is 0. The molecular weight excluding hydrogens is 306 g/mol. The fourth-order valence-electron chi connectivity index (χ4n) is 3.72. The zero-order chi connectivity index (χ0) is 16.4. The first-order valence-corrected chi connectivity index (χ1v) is 9.04. The van der Waals surface area contributed by atoms with Crippen LogP contribution in [0.2, 0.25) is 0 Å². The zero-order valence-corrected chi connectivity index (χ0v) is 14.1. The van der Waals surface area contributed by atoms with E-state index in [1.807, 2.05) is 17.2 Å². The molecule has 1 aromatic heterocycles. The van der Waals surface area contributed by atoms with Crippen LogP contribution in [0.5, 0.6) is 0 Å². The Balaban J connectivity index is 1.37. The molecule has 0 aliphatic carbocycles. The third-order valence-corrected chi connectivity index (χ3v) is 5.14. The molecule has 130 valence electrons. The molecule has 3 fully saturated rings. The average molecular weight is 331 g/mol. The molecule has 3 aliphatic heterocycles. The summed E-state index contributed by atoms with van der Waals surface area (Å²) in [6.07, 6.45) is 5.94. The highest BCUT2D eigenvalue weighted by molar-refractivity contribution is 5.81. The Morgan fingerprint density at radius 2 is 1.83 bits per heavy atom. The van der Waals surface area contributed by atoms with E-state index in [0.29, 0.717) is 0 Å². The van der Waals surface area contributed by atoms with Gasteiger partial charge in [-0.25, -0.2) is 4.98 Å². The van der Waals surface area contributed by atoms with Crippen LogP contribution < -0.4 is 9.80 Å².